The maximum atomic E-state index is 12.7. The zero-order chi connectivity index (χ0) is 20.1. The Labute approximate surface area is 188 Å². The number of methoxy groups -OCH3 is 1. The summed E-state index contributed by atoms with van der Waals surface area (Å²) in [4.78, 5) is 21.2. The number of rotatable bonds is 5. The number of anilines is 1. The molecule has 2 aromatic rings. The summed E-state index contributed by atoms with van der Waals surface area (Å²) in [5, 5.41) is 7.46. The van der Waals surface area contributed by atoms with Gasteiger partial charge in [0.25, 0.3) is 0 Å². The molecule has 0 atom stereocenters. The standard InChI is InChI=1S/C20H28N6O2.HI/c1-5-21-20(22-11-16-6-7-18(28-4)15(2)10-16)25-8-9-26(19(27)14-25)17-12-23-24(3)13-17;/h6-7,10,12-13H,5,8-9,11,14H2,1-4H3,(H,21,22);1H. The second kappa shape index (κ2) is 10.5. The molecule has 1 saturated heterocycles. The normalized spacial score (nSPS) is 14.6. The number of halogens is 1. The van der Waals surface area contributed by atoms with E-state index >= 15 is 0 Å². The van der Waals surface area contributed by atoms with Gasteiger partial charge in [-0.3, -0.25) is 9.48 Å². The third-order valence-corrected chi connectivity index (χ3v) is 4.73. The van der Waals surface area contributed by atoms with Crippen LogP contribution in [0.3, 0.4) is 0 Å². The number of nitrogens with zero attached hydrogens (tertiary/aromatic N) is 5. The average molecular weight is 512 g/mol. The molecule has 158 valence electrons. The van der Waals surface area contributed by atoms with Gasteiger partial charge in [-0.15, -0.1) is 24.0 Å². The SMILES string of the molecule is CCNC(=NCc1ccc(OC)c(C)c1)N1CCN(c2cnn(C)c2)C(=O)C1.I. The molecule has 3 rings (SSSR count). The number of aliphatic imine (C=N–C) groups is 1. The van der Waals surface area contributed by atoms with Crippen molar-refractivity contribution in [3.63, 3.8) is 0 Å². The number of aryl methyl sites for hydroxylation is 2. The molecular weight excluding hydrogens is 483 g/mol. The number of aromatic nitrogens is 2. The van der Waals surface area contributed by atoms with E-state index in [1.54, 1.807) is 22.9 Å². The lowest BCUT2D eigenvalue weighted by Gasteiger charge is -2.35. The smallest absolute Gasteiger partial charge is 0.246 e. The van der Waals surface area contributed by atoms with Crippen LogP contribution in [0.25, 0.3) is 0 Å². The summed E-state index contributed by atoms with van der Waals surface area (Å²) in [7, 11) is 3.52. The molecule has 0 bridgehead atoms. The summed E-state index contributed by atoms with van der Waals surface area (Å²) in [6.45, 7) is 6.96. The number of hydrogen-bond acceptors (Lipinski definition) is 4. The van der Waals surface area contributed by atoms with Gasteiger partial charge in [0.05, 0.1) is 25.5 Å². The monoisotopic (exact) mass is 512 g/mol. The number of carbonyl (C=O) groups is 1. The summed E-state index contributed by atoms with van der Waals surface area (Å²) < 4.78 is 7.02. The third kappa shape index (κ3) is 5.62. The van der Waals surface area contributed by atoms with Crippen LogP contribution >= 0.6 is 24.0 Å². The van der Waals surface area contributed by atoms with E-state index in [1.807, 2.05) is 44.1 Å². The van der Waals surface area contributed by atoms with E-state index in [-0.39, 0.29) is 29.9 Å². The molecule has 1 aliphatic heterocycles. The van der Waals surface area contributed by atoms with E-state index in [2.05, 4.69) is 16.5 Å². The first-order chi connectivity index (χ1) is 13.5. The van der Waals surface area contributed by atoms with Crippen molar-refractivity contribution in [3.05, 3.63) is 41.7 Å². The van der Waals surface area contributed by atoms with Crippen molar-refractivity contribution in [1.29, 1.82) is 0 Å². The number of piperazine rings is 1. The maximum Gasteiger partial charge on any atom is 0.246 e. The van der Waals surface area contributed by atoms with Gasteiger partial charge in [-0.25, -0.2) is 4.99 Å². The van der Waals surface area contributed by atoms with Crippen LogP contribution in [0.2, 0.25) is 0 Å². The molecule has 8 nitrogen and oxygen atoms in total. The lowest BCUT2D eigenvalue weighted by atomic mass is 10.1. The summed E-state index contributed by atoms with van der Waals surface area (Å²) in [6, 6.07) is 6.06. The number of hydrogen-bond donors (Lipinski definition) is 1. The van der Waals surface area contributed by atoms with Gasteiger partial charge in [0.2, 0.25) is 5.91 Å². The number of carbonyl (C=O) groups excluding carboxylic acids is 1. The second-order valence-corrected chi connectivity index (χ2v) is 6.81. The summed E-state index contributed by atoms with van der Waals surface area (Å²) in [5.74, 6) is 1.68. The van der Waals surface area contributed by atoms with Gasteiger partial charge in [0, 0.05) is 32.9 Å². The number of ether oxygens (including phenoxy) is 1. The fourth-order valence-electron chi connectivity index (χ4n) is 3.31. The van der Waals surface area contributed by atoms with Crippen molar-refractivity contribution in [3.8, 4) is 5.75 Å². The van der Waals surface area contributed by atoms with Crippen LogP contribution in [0.1, 0.15) is 18.1 Å². The number of guanidine groups is 1. The molecule has 1 amide bonds. The first-order valence-corrected chi connectivity index (χ1v) is 9.47. The lowest BCUT2D eigenvalue weighted by molar-refractivity contribution is -0.120. The summed E-state index contributed by atoms with van der Waals surface area (Å²) in [5.41, 5.74) is 3.03. The van der Waals surface area contributed by atoms with E-state index in [1.165, 1.54) is 0 Å². The Kier molecular flexibility index (Phi) is 8.30. The highest BCUT2D eigenvalue weighted by Crippen LogP contribution is 2.19. The minimum Gasteiger partial charge on any atom is -0.496 e. The zero-order valence-corrected chi connectivity index (χ0v) is 19.7. The molecule has 0 radical (unpaired) electrons. The number of benzene rings is 1. The molecule has 0 saturated carbocycles. The van der Waals surface area contributed by atoms with E-state index in [4.69, 9.17) is 9.73 Å². The molecule has 0 spiro atoms. The molecule has 0 aliphatic carbocycles. The highest BCUT2D eigenvalue weighted by molar-refractivity contribution is 14.0. The molecule has 9 heteroatoms. The predicted molar refractivity (Wildman–Crippen MR) is 125 cm³/mol. The van der Waals surface area contributed by atoms with Crippen molar-refractivity contribution in [2.24, 2.45) is 12.0 Å². The first kappa shape index (κ1) is 23.0. The Balaban J connectivity index is 0.00000300. The van der Waals surface area contributed by atoms with Crippen LogP contribution in [0, 0.1) is 6.92 Å². The largest absolute Gasteiger partial charge is 0.496 e. The molecule has 2 heterocycles. The Hall–Kier alpha value is -2.30. The molecule has 29 heavy (non-hydrogen) atoms. The molecular formula is C20H29IN6O2. The summed E-state index contributed by atoms with van der Waals surface area (Å²) in [6.07, 6.45) is 3.58. The Morgan fingerprint density at radius 3 is 2.72 bits per heavy atom. The van der Waals surface area contributed by atoms with Gasteiger partial charge in [0.15, 0.2) is 5.96 Å². The van der Waals surface area contributed by atoms with Crippen LogP contribution in [0.5, 0.6) is 5.75 Å². The number of nitrogens with one attached hydrogen (secondary N) is 1. The molecule has 1 N–H and O–H groups in total. The second-order valence-electron chi connectivity index (χ2n) is 6.81. The Bertz CT molecular complexity index is 866. The predicted octanol–water partition coefficient (Wildman–Crippen LogP) is 2.17. The average Bonchev–Trinajstić information content (AvgIpc) is 3.11. The number of amides is 1. The van der Waals surface area contributed by atoms with Gasteiger partial charge >= 0.3 is 0 Å². The van der Waals surface area contributed by atoms with Gasteiger partial charge in [-0.2, -0.15) is 5.10 Å². The van der Waals surface area contributed by atoms with Crippen LogP contribution in [-0.2, 0) is 18.4 Å². The molecule has 1 aromatic heterocycles. The van der Waals surface area contributed by atoms with E-state index in [0.717, 1.165) is 35.1 Å². The van der Waals surface area contributed by atoms with Gasteiger partial charge in [0.1, 0.15) is 12.3 Å². The van der Waals surface area contributed by atoms with Crippen molar-refractivity contribution in [2.45, 2.75) is 20.4 Å². The van der Waals surface area contributed by atoms with E-state index in [9.17, 15) is 4.79 Å². The maximum absolute atomic E-state index is 12.7. The minimum absolute atomic E-state index is 0. The van der Waals surface area contributed by atoms with Crippen LogP contribution < -0.4 is 15.0 Å². The molecule has 1 aliphatic rings. The summed E-state index contributed by atoms with van der Waals surface area (Å²) >= 11 is 0. The minimum atomic E-state index is 0. The first-order valence-electron chi connectivity index (χ1n) is 9.47. The highest BCUT2D eigenvalue weighted by Gasteiger charge is 2.27. The van der Waals surface area contributed by atoms with Crippen molar-refractivity contribution in [2.75, 3.05) is 38.2 Å². The van der Waals surface area contributed by atoms with Crippen LogP contribution in [0.4, 0.5) is 5.69 Å². The van der Waals surface area contributed by atoms with E-state index < -0.39 is 0 Å². The van der Waals surface area contributed by atoms with E-state index in [0.29, 0.717) is 26.2 Å². The van der Waals surface area contributed by atoms with Gasteiger partial charge < -0.3 is 19.9 Å². The quantitative estimate of drug-likeness (QED) is 0.378. The Morgan fingerprint density at radius 1 is 1.34 bits per heavy atom. The van der Waals surface area contributed by atoms with Gasteiger partial charge in [-0.1, -0.05) is 12.1 Å². The molecule has 1 aromatic carbocycles. The molecule has 1 fully saturated rings. The van der Waals surface area contributed by atoms with Crippen molar-refractivity contribution >= 4 is 41.5 Å². The van der Waals surface area contributed by atoms with Crippen molar-refractivity contribution < 1.29 is 9.53 Å². The third-order valence-electron chi connectivity index (χ3n) is 4.73. The Morgan fingerprint density at radius 2 is 2.14 bits per heavy atom. The van der Waals surface area contributed by atoms with Crippen LogP contribution in [0.15, 0.2) is 35.6 Å². The zero-order valence-electron chi connectivity index (χ0n) is 17.4. The lowest BCUT2D eigenvalue weighted by Crippen LogP contribution is -2.55. The topological polar surface area (TPSA) is 75.0 Å². The van der Waals surface area contributed by atoms with Gasteiger partial charge in [-0.05, 0) is 31.0 Å². The van der Waals surface area contributed by atoms with Crippen molar-refractivity contribution in [1.82, 2.24) is 20.0 Å². The fraction of sp³-hybridized carbons (Fsp3) is 0.450. The highest BCUT2D eigenvalue weighted by atomic mass is 127. The van der Waals surface area contributed by atoms with Crippen LogP contribution in [-0.4, -0.2) is 59.8 Å². The molecule has 0 unspecified atom stereocenters. The fourth-order valence-corrected chi connectivity index (χ4v) is 3.31.